The van der Waals surface area contributed by atoms with Crippen molar-refractivity contribution in [2.45, 2.75) is 0 Å². The third kappa shape index (κ3) is 8.13. The van der Waals surface area contributed by atoms with Crippen molar-refractivity contribution in [3.63, 3.8) is 0 Å². The van der Waals surface area contributed by atoms with Crippen molar-refractivity contribution in [1.82, 2.24) is 5.43 Å². The van der Waals surface area contributed by atoms with Crippen LogP contribution in [0, 0.1) is 5.82 Å². The van der Waals surface area contributed by atoms with Gasteiger partial charge < -0.3 is 14.2 Å². The van der Waals surface area contributed by atoms with Crippen molar-refractivity contribution in [1.29, 1.82) is 0 Å². The Hall–Kier alpha value is -4.73. The first-order chi connectivity index (χ1) is 19.3. The maximum Gasteiger partial charge on any atom is 0.343 e. The molecule has 4 rings (SSSR count). The van der Waals surface area contributed by atoms with Gasteiger partial charge in [0.1, 0.15) is 23.1 Å². The zero-order chi connectivity index (χ0) is 28.5. The molecule has 40 heavy (non-hydrogen) atoms. The molecule has 0 spiro atoms. The number of ether oxygens (including phenoxy) is 3. The van der Waals surface area contributed by atoms with Crippen molar-refractivity contribution in [2.75, 3.05) is 6.61 Å². The molecule has 0 atom stereocenters. The Morgan fingerprint density at radius 2 is 1.30 bits per heavy atom. The molecule has 0 aliphatic heterocycles. The van der Waals surface area contributed by atoms with E-state index in [2.05, 4.69) is 10.5 Å². The van der Waals surface area contributed by atoms with Crippen molar-refractivity contribution >= 4 is 47.3 Å². The Morgan fingerprint density at radius 3 is 1.90 bits per heavy atom. The van der Waals surface area contributed by atoms with Gasteiger partial charge in [-0.3, -0.25) is 4.79 Å². The summed E-state index contributed by atoms with van der Waals surface area (Å²) in [4.78, 5) is 37.4. The molecule has 0 aliphatic rings. The first kappa shape index (κ1) is 28.3. The van der Waals surface area contributed by atoms with E-state index in [1.54, 1.807) is 12.1 Å². The maximum atomic E-state index is 13.0. The average Bonchev–Trinajstić information content (AvgIpc) is 2.94. The van der Waals surface area contributed by atoms with Gasteiger partial charge in [0.05, 0.1) is 17.3 Å². The summed E-state index contributed by atoms with van der Waals surface area (Å²) in [7, 11) is 0. The fraction of sp³-hybridized carbons (Fsp3) is 0.0345. The van der Waals surface area contributed by atoms with Crippen molar-refractivity contribution in [3.05, 3.63) is 124 Å². The standard InChI is InChI=1S/C29H19Cl2FN2O6/c30-21-6-1-18(2-7-21)28(36)39-25-12-5-20(26(15-25)40-29(37)19-3-8-22(31)9-4-19)16-33-34-27(35)17-38-24-13-10-23(32)11-14-24/h1-16H,17H2,(H,34,35)/b33-16-. The lowest BCUT2D eigenvalue weighted by atomic mass is 10.2. The number of hydrazone groups is 1. The summed E-state index contributed by atoms with van der Waals surface area (Å²) in [5.41, 5.74) is 3.06. The van der Waals surface area contributed by atoms with Crippen molar-refractivity contribution in [2.24, 2.45) is 5.10 Å². The molecule has 0 unspecified atom stereocenters. The number of nitrogens with zero attached hydrogens (tertiary/aromatic N) is 1. The lowest BCUT2D eigenvalue weighted by Crippen LogP contribution is -2.24. The molecule has 1 amide bonds. The number of esters is 2. The van der Waals surface area contributed by atoms with Gasteiger partial charge in [0.15, 0.2) is 6.61 Å². The van der Waals surface area contributed by atoms with E-state index in [0.717, 1.165) is 0 Å². The number of rotatable bonds is 9. The highest BCUT2D eigenvalue weighted by Gasteiger charge is 2.15. The van der Waals surface area contributed by atoms with E-state index < -0.39 is 23.7 Å². The van der Waals surface area contributed by atoms with Crippen LogP contribution < -0.4 is 19.6 Å². The van der Waals surface area contributed by atoms with Crippen LogP contribution in [0.3, 0.4) is 0 Å². The van der Waals surface area contributed by atoms with E-state index >= 15 is 0 Å². The maximum absolute atomic E-state index is 13.0. The monoisotopic (exact) mass is 580 g/mol. The lowest BCUT2D eigenvalue weighted by molar-refractivity contribution is -0.123. The van der Waals surface area contributed by atoms with Crippen LogP contribution in [0.4, 0.5) is 4.39 Å². The van der Waals surface area contributed by atoms with E-state index in [1.807, 2.05) is 0 Å². The molecule has 0 aromatic heterocycles. The molecule has 1 N–H and O–H groups in total. The van der Waals surface area contributed by atoms with Crippen LogP contribution in [0.25, 0.3) is 0 Å². The number of carbonyl (C=O) groups is 3. The summed E-state index contributed by atoms with van der Waals surface area (Å²) in [6.45, 7) is -0.374. The minimum absolute atomic E-state index is 0.00178. The van der Waals surface area contributed by atoms with Gasteiger partial charge in [0.2, 0.25) is 0 Å². The number of amides is 1. The van der Waals surface area contributed by atoms with Gasteiger partial charge in [-0.05, 0) is 84.9 Å². The van der Waals surface area contributed by atoms with Gasteiger partial charge >= 0.3 is 11.9 Å². The molecule has 0 aliphatic carbocycles. The Balaban J connectivity index is 1.48. The first-order valence-electron chi connectivity index (χ1n) is 11.6. The van der Waals surface area contributed by atoms with Crippen molar-refractivity contribution in [3.8, 4) is 17.2 Å². The summed E-state index contributed by atoms with van der Waals surface area (Å²) in [5, 5.41) is 4.78. The molecular weight excluding hydrogens is 562 g/mol. The fourth-order valence-corrected chi connectivity index (χ4v) is 3.41. The highest BCUT2D eigenvalue weighted by molar-refractivity contribution is 6.31. The number of hydrogen-bond acceptors (Lipinski definition) is 7. The van der Waals surface area contributed by atoms with Crippen LogP contribution in [0.1, 0.15) is 26.3 Å². The summed E-state index contributed by atoms with van der Waals surface area (Å²) < 4.78 is 29.2. The normalized spacial score (nSPS) is 10.7. The summed E-state index contributed by atoms with van der Waals surface area (Å²) in [6, 6.07) is 21.6. The van der Waals surface area contributed by atoms with Crippen molar-refractivity contribution < 1.29 is 33.0 Å². The van der Waals surface area contributed by atoms with Gasteiger partial charge in [0, 0.05) is 21.7 Å². The molecule has 202 valence electrons. The van der Waals surface area contributed by atoms with Crippen LogP contribution in [0.2, 0.25) is 10.0 Å². The first-order valence-corrected chi connectivity index (χ1v) is 12.3. The largest absolute Gasteiger partial charge is 0.484 e. The Bertz CT molecular complexity index is 1540. The Kier molecular flexibility index (Phi) is 9.45. The van der Waals surface area contributed by atoms with Gasteiger partial charge in [0.25, 0.3) is 5.91 Å². The molecule has 0 radical (unpaired) electrons. The van der Waals surface area contributed by atoms with E-state index in [1.165, 1.54) is 85.1 Å². The minimum Gasteiger partial charge on any atom is -0.484 e. The Morgan fingerprint density at radius 1 is 0.750 bits per heavy atom. The molecule has 0 heterocycles. The second kappa shape index (κ2) is 13.4. The summed E-state index contributed by atoms with van der Waals surface area (Å²) in [6.07, 6.45) is 1.24. The fourth-order valence-electron chi connectivity index (χ4n) is 3.16. The van der Waals surface area contributed by atoms with E-state index in [4.69, 9.17) is 37.4 Å². The molecular formula is C29H19Cl2FN2O6. The highest BCUT2D eigenvalue weighted by Crippen LogP contribution is 2.26. The average molecular weight is 581 g/mol. The number of nitrogens with one attached hydrogen (secondary N) is 1. The van der Waals surface area contributed by atoms with E-state index in [0.29, 0.717) is 15.8 Å². The predicted molar refractivity (Wildman–Crippen MR) is 147 cm³/mol. The van der Waals surface area contributed by atoms with Gasteiger partial charge in [-0.1, -0.05) is 23.2 Å². The second-order valence-electron chi connectivity index (χ2n) is 8.03. The second-order valence-corrected chi connectivity index (χ2v) is 8.90. The van der Waals surface area contributed by atoms with Gasteiger partial charge in [-0.2, -0.15) is 5.10 Å². The smallest absolute Gasteiger partial charge is 0.343 e. The molecule has 0 bridgehead atoms. The Labute approximate surface area is 237 Å². The number of benzene rings is 4. The zero-order valence-electron chi connectivity index (χ0n) is 20.5. The zero-order valence-corrected chi connectivity index (χ0v) is 22.0. The van der Waals surface area contributed by atoms with Crippen LogP contribution >= 0.6 is 23.2 Å². The summed E-state index contributed by atoms with van der Waals surface area (Å²) >= 11 is 11.8. The number of halogens is 3. The molecule has 4 aromatic carbocycles. The van der Waals surface area contributed by atoms with Crippen LogP contribution in [-0.4, -0.2) is 30.7 Å². The topological polar surface area (TPSA) is 103 Å². The van der Waals surface area contributed by atoms with Crippen LogP contribution in [-0.2, 0) is 4.79 Å². The number of carbonyl (C=O) groups excluding carboxylic acids is 3. The SMILES string of the molecule is O=C(COc1ccc(F)cc1)N/N=C\c1ccc(OC(=O)c2ccc(Cl)cc2)cc1OC(=O)c1ccc(Cl)cc1. The molecule has 0 saturated carbocycles. The molecule has 0 fully saturated rings. The molecule has 11 heteroatoms. The lowest BCUT2D eigenvalue weighted by Gasteiger charge is -2.11. The highest BCUT2D eigenvalue weighted by atomic mass is 35.5. The summed E-state index contributed by atoms with van der Waals surface area (Å²) in [5.74, 6) is -1.98. The molecule has 4 aromatic rings. The van der Waals surface area contributed by atoms with Crippen LogP contribution in [0.15, 0.2) is 96.1 Å². The van der Waals surface area contributed by atoms with Crippen LogP contribution in [0.5, 0.6) is 17.2 Å². The third-order valence-electron chi connectivity index (χ3n) is 5.13. The number of hydrogen-bond donors (Lipinski definition) is 1. The molecule has 8 nitrogen and oxygen atoms in total. The predicted octanol–water partition coefficient (Wildman–Crippen LogP) is 6.10. The third-order valence-corrected chi connectivity index (χ3v) is 5.64. The minimum atomic E-state index is -0.704. The van der Waals surface area contributed by atoms with Gasteiger partial charge in [-0.15, -0.1) is 0 Å². The molecule has 0 saturated heterocycles. The van der Waals surface area contributed by atoms with E-state index in [9.17, 15) is 18.8 Å². The quantitative estimate of drug-likeness (QED) is 0.111. The van der Waals surface area contributed by atoms with Gasteiger partial charge in [-0.25, -0.2) is 19.4 Å². The van der Waals surface area contributed by atoms with E-state index in [-0.39, 0.29) is 34.8 Å².